The molecular weight excluding hydrogens is 425 g/mol. The molecule has 0 spiro atoms. The van der Waals surface area contributed by atoms with Gasteiger partial charge in [0.2, 0.25) is 5.91 Å². The van der Waals surface area contributed by atoms with E-state index in [0.717, 1.165) is 25.7 Å². The van der Waals surface area contributed by atoms with Gasteiger partial charge < -0.3 is 19.8 Å². The molecule has 1 heterocycles. The molecule has 33 heavy (non-hydrogen) atoms. The number of aliphatic hydroxyl groups excluding tert-OH is 1. The molecule has 1 unspecified atom stereocenters. The lowest BCUT2D eigenvalue weighted by Crippen LogP contribution is -2.32. The maximum absolute atomic E-state index is 13.1. The third-order valence-electron chi connectivity index (χ3n) is 5.68. The van der Waals surface area contributed by atoms with Crippen LogP contribution in [0.1, 0.15) is 56.6 Å². The first-order chi connectivity index (χ1) is 15.9. The molecule has 0 aliphatic carbocycles. The van der Waals surface area contributed by atoms with Gasteiger partial charge in [0, 0.05) is 19.4 Å². The van der Waals surface area contributed by atoms with Crippen LogP contribution >= 0.6 is 0 Å². The molecule has 6 nitrogen and oxygen atoms in total. The topological polar surface area (TPSA) is 87.1 Å². The number of nitrogens with zero attached hydrogens (tertiary/aromatic N) is 1. The van der Waals surface area contributed by atoms with Gasteiger partial charge in [-0.2, -0.15) is 0 Å². The number of benzene rings is 2. The Labute approximate surface area is 193 Å². The fourth-order valence-corrected chi connectivity index (χ4v) is 3.90. The predicted molar refractivity (Wildman–Crippen MR) is 122 cm³/mol. The SMILES string of the molecule is O=C(O)CCCCCCN1C(=O)CC[C@@H]1C=CC(O)c1cccc(Oc2ccc(F)cc2)c1. The second-order valence-corrected chi connectivity index (χ2v) is 8.21. The van der Waals surface area contributed by atoms with E-state index < -0.39 is 12.1 Å². The van der Waals surface area contributed by atoms with E-state index in [0.29, 0.717) is 36.4 Å². The van der Waals surface area contributed by atoms with E-state index in [4.69, 9.17) is 9.84 Å². The van der Waals surface area contributed by atoms with Gasteiger partial charge in [0.05, 0.1) is 12.1 Å². The Hall–Kier alpha value is -3.19. The number of rotatable bonds is 12. The number of hydrogen-bond donors (Lipinski definition) is 2. The highest BCUT2D eigenvalue weighted by Gasteiger charge is 2.28. The van der Waals surface area contributed by atoms with E-state index >= 15 is 0 Å². The number of hydrogen-bond acceptors (Lipinski definition) is 4. The van der Waals surface area contributed by atoms with Gasteiger partial charge >= 0.3 is 5.97 Å². The summed E-state index contributed by atoms with van der Waals surface area (Å²) in [5, 5.41) is 19.3. The van der Waals surface area contributed by atoms with Gasteiger partial charge in [-0.15, -0.1) is 0 Å². The Morgan fingerprint density at radius 2 is 1.88 bits per heavy atom. The van der Waals surface area contributed by atoms with Crippen molar-refractivity contribution in [1.82, 2.24) is 4.90 Å². The molecule has 1 fully saturated rings. The highest BCUT2D eigenvalue weighted by atomic mass is 19.1. The number of halogens is 1. The van der Waals surface area contributed by atoms with Crippen molar-refractivity contribution < 1.29 is 28.9 Å². The molecule has 0 aromatic heterocycles. The maximum Gasteiger partial charge on any atom is 0.303 e. The Kier molecular flexibility index (Phi) is 9.01. The summed E-state index contributed by atoms with van der Waals surface area (Å²) >= 11 is 0. The van der Waals surface area contributed by atoms with Crippen molar-refractivity contribution >= 4 is 11.9 Å². The van der Waals surface area contributed by atoms with Gasteiger partial charge in [0.25, 0.3) is 0 Å². The first-order valence-electron chi connectivity index (χ1n) is 11.3. The minimum Gasteiger partial charge on any atom is -0.481 e. The smallest absolute Gasteiger partial charge is 0.303 e. The Balaban J connectivity index is 1.53. The van der Waals surface area contributed by atoms with Gasteiger partial charge in [-0.05, 0) is 61.2 Å². The Bertz CT molecular complexity index is 959. The predicted octanol–water partition coefficient (Wildman–Crippen LogP) is 5.23. The molecule has 3 rings (SSSR count). The number of ether oxygens (including phenoxy) is 1. The van der Waals surface area contributed by atoms with Crippen LogP contribution in [0.15, 0.2) is 60.7 Å². The van der Waals surface area contributed by atoms with Gasteiger partial charge in [-0.25, -0.2) is 4.39 Å². The highest BCUT2D eigenvalue weighted by Crippen LogP contribution is 2.27. The first kappa shape index (κ1) is 24.5. The average molecular weight is 456 g/mol. The number of unbranched alkanes of at least 4 members (excludes halogenated alkanes) is 3. The van der Waals surface area contributed by atoms with Crippen LogP contribution in [0.5, 0.6) is 11.5 Å². The van der Waals surface area contributed by atoms with Gasteiger partial charge in [0.15, 0.2) is 0 Å². The van der Waals surface area contributed by atoms with Crippen LogP contribution in [0.2, 0.25) is 0 Å². The molecule has 2 atom stereocenters. The zero-order valence-corrected chi connectivity index (χ0v) is 18.5. The number of likely N-dealkylation sites (tertiary alicyclic amines) is 1. The molecule has 176 valence electrons. The standard InChI is InChI=1S/C26H30FNO5/c27-20-9-13-22(14-10-20)33-23-7-5-6-19(18-23)24(29)15-11-21-12-16-25(30)28(21)17-4-2-1-3-8-26(31)32/h5-7,9-11,13-15,18,21,24,29H,1-4,8,12,16-17H2,(H,31,32)/t21-,24?/m0/s1. The molecule has 2 N–H and O–H groups in total. The lowest BCUT2D eigenvalue weighted by Gasteiger charge is -2.22. The molecule has 0 bridgehead atoms. The third kappa shape index (κ3) is 7.71. The normalized spacial score (nSPS) is 17.0. The summed E-state index contributed by atoms with van der Waals surface area (Å²) in [5.41, 5.74) is 0.653. The summed E-state index contributed by atoms with van der Waals surface area (Å²) in [5.74, 6) is 0.0310. The third-order valence-corrected chi connectivity index (χ3v) is 5.68. The van der Waals surface area contributed by atoms with Gasteiger partial charge in [-0.3, -0.25) is 9.59 Å². The van der Waals surface area contributed by atoms with Crippen molar-refractivity contribution in [2.75, 3.05) is 6.54 Å². The quantitative estimate of drug-likeness (QED) is 0.338. The summed E-state index contributed by atoms with van der Waals surface area (Å²) in [6, 6.07) is 12.7. The molecule has 2 aromatic rings. The van der Waals surface area contributed by atoms with E-state index in [2.05, 4.69) is 0 Å². The van der Waals surface area contributed by atoms with Crippen LogP contribution in [-0.4, -0.2) is 39.6 Å². The number of carbonyl (C=O) groups excluding carboxylic acids is 1. The number of aliphatic hydroxyl groups is 1. The van der Waals surface area contributed by atoms with Crippen molar-refractivity contribution in [2.45, 2.75) is 57.1 Å². The number of amides is 1. The van der Waals surface area contributed by atoms with Gasteiger partial charge in [0.1, 0.15) is 17.3 Å². The van der Waals surface area contributed by atoms with Crippen molar-refractivity contribution in [3.63, 3.8) is 0 Å². The van der Waals surface area contributed by atoms with Crippen molar-refractivity contribution in [2.24, 2.45) is 0 Å². The summed E-state index contributed by atoms with van der Waals surface area (Å²) in [4.78, 5) is 24.7. The second kappa shape index (κ2) is 12.2. The van der Waals surface area contributed by atoms with Crippen LogP contribution in [-0.2, 0) is 9.59 Å². The molecule has 1 amide bonds. The zero-order valence-electron chi connectivity index (χ0n) is 18.5. The largest absolute Gasteiger partial charge is 0.481 e. The minimum absolute atomic E-state index is 0.0511. The van der Waals surface area contributed by atoms with E-state index in [-0.39, 0.29) is 24.2 Å². The van der Waals surface area contributed by atoms with Crippen LogP contribution in [0, 0.1) is 5.82 Å². The number of carbonyl (C=O) groups is 2. The highest BCUT2D eigenvalue weighted by molar-refractivity contribution is 5.79. The van der Waals surface area contributed by atoms with E-state index in [1.54, 1.807) is 30.3 Å². The van der Waals surface area contributed by atoms with Crippen molar-refractivity contribution in [3.05, 3.63) is 72.1 Å². The van der Waals surface area contributed by atoms with Crippen LogP contribution in [0.25, 0.3) is 0 Å². The molecule has 0 saturated carbocycles. The van der Waals surface area contributed by atoms with E-state index in [9.17, 15) is 19.1 Å². The van der Waals surface area contributed by atoms with Crippen molar-refractivity contribution in [3.8, 4) is 11.5 Å². The molecule has 2 aromatic carbocycles. The number of carboxylic acid groups (broad SMARTS) is 1. The fourth-order valence-electron chi connectivity index (χ4n) is 3.90. The molecule has 1 saturated heterocycles. The van der Waals surface area contributed by atoms with E-state index in [1.807, 2.05) is 11.0 Å². The molecule has 1 aliphatic heterocycles. The van der Waals surface area contributed by atoms with Crippen molar-refractivity contribution in [1.29, 1.82) is 0 Å². The maximum atomic E-state index is 13.1. The summed E-state index contributed by atoms with van der Waals surface area (Å²) in [7, 11) is 0. The second-order valence-electron chi connectivity index (χ2n) is 8.21. The summed E-state index contributed by atoms with van der Waals surface area (Å²) < 4.78 is 18.8. The zero-order chi connectivity index (χ0) is 23.6. The average Bonchev–Trinajstić information content (AvgIpc) is 3.15. The van der Waals surface area contributed by atoms with E-state index in [1.165, 1.54) is 24.3 Å². The molecule has 0 radical (unpaired) electrons. The lowest BCUT2D eigenvalue weighted by molar-refractivity contribution is -0.137. The Morgan fingerprint density at radius 3 is 2.64 bits per heavy atom. The first-order valence-corrected chi connectivity index (χ1v) is 11.3. The number of carboxylic acids is 1. The summed E-state index contributed by atoms with van der Waals surface area (Å²) in [6.07, 6.45) is 7.33. The monoisotopic (exact) mass is 455 g/mol. The Morgan fingerprint density at radius 1 is 1.12 bits per heavy atom. The van der Waals surface area contributed by atoms with Crippen LogP contribution < -0.4 is 4.74 Å². The minimum atomic E-state index is -0.852. The van der Waals surface area contributed by atoms with Crippen LogP contribution in [0.3, 0.4) is 0 Å². The van der Waals surface area contributed by atoms with Gasteiger partial charge in [-0.1, -0.05) is 37.1 Å². The molecule has 1 aliphatic rings. The van der Waals surface area contributed by atoms with Crippen LogP contribution in [0.4, 0.5) is 4.39 Å². The molecular formula is C26H30FNO5. The lowest BCUT2D eigenvalue weighted by atomic mass is 10.1. The summed E-state index contributed by atoms with van der Waals surface area (Å²) in [6.45, 7) is 0.637. The molecule has 7 heteroatoms. The number of aliphatic carboxylic acids is 1. The fraction of sp³-hybridized carbons (Fsp3) is 0.385.